The van der Waals surface area contributed by atoms with Crippen molar-refractivity contribution in [3.05, 3.63) is 35.9 Å². The summed E-state index contributed by atoms with van der Waals surface area (Å²) in [4.78, 5) is 34.4. The second-order valence-corrected chi connectivity index (χ2v) is 5.78. The van der Waals surface area contributed by atoms with Crippen LogP contribution in [0.1, 0.15) is 26.3 Å². The lowest BCUT2D eigenvalue weighted by Crippen LogP contribution is -2.40. The van der Waals surface area contributed by atoms with Crippen molar-refractivity contribution in [2.45, 2.75) is 33.0 Å². The van der Waals surface area contributed by atoms with Crippen molar-refractivity contribution in [1.29, 1.82) is 0 Å². The monoisotopic (exact) mass is 322 g/mol. The molecule has 2 N–H and O–H groups in total. The summed E-state index contributed by atoms with van der Waals surface area (Å²) in [5.41, 5.74) is 0.235. The summed E-state index contributed by atoms with van der Waals surface area (Å²) in [6, 6.07) is 9.17. The van der Waals surface area contributed by atoms with Crippen LogP contribution in [0.3, 0.4) is 0 Å². The Hall–Kier alpha value is -2.57. The number of esters is 1. The number of ether oxygens (including phenoxy) is 2. The first-order valence-electron chi connectivity index (χ1n) is 7.19. The predicted molar refractivity (Wildman–Crippen MR) is 83.5 cm³/mol. The molecule has 1 aromatic carbocycles. The van der Waals surface area contributed by atoms with Gasteiger partial charge < -0.3 is 20.1 Å². The van der Waals surface area contributed by atoms with Crippen LogP contribution in [0.4, 0.5) is 4.79 Å². The summed E-state index contributed by atoms with van der Waals surface area (Å²) in [7, 11) is 0. The number of alkyl carbamates (subject to hydrolysis) is 1. The minimum absolute atomic E-state index is 0.117. The SMILES string of the molecule is CC(C)(C)OC(=O)CNC(=O)CNC(=O)OCc1ccccc1. The van der Waals surface area contributed by atoms with Gasteiger partial charge in [0.25, 0.3) is 0 Å². The van der Waals surface area contributed by atoms with Crippen molar-refractivity contribution in [2.75, 3.05) is 13.1 Å². The Labute approximate surface area is 135 Å². The molecule has 126 valence electrons. The minimum atomic E-state index is -0.707. The molecule has 0 spiro atoms. The number of benzene rings is 1. The third-order valence-electron chi connectivity index (χ3n) is 2.46. The van der Waals surface area contributed by atoms with Gasteiger partial charge in [0.15, 0.2) is 0 Å². The Kier molecular flexibility index (Phi) is 7.05. The summed E-state index contributed by atoms with van der Waals surface area (Å²) in [6.45, 7) is 4.78. The number of hydrogen-bond donors (Lipinski definition) is 2. The predicted octanol–water partition coefficient (Wildman–Crippen LogP) is 1.37. The fraction of sp³-hybridized carbons (Fsp3) is 0.438. The molecule has 1 aromatic rings. The molecule has 7 nitrogen and oxygen atoms in total. The van der Waals surface area contributed by atoms with Gasteiger partial charge in [-0.05, 0) is 26.3 Å². The van der Waals surface area contributed by atoms with Crippen LogP contribution in [0.25, 0.3) is 0 Å². The van der Waals surface area contributed by atoms with E-state index in [1.807, 2.05) is 30.3 Å². The van der Waals surface area contributed by atoms with Crippen molar-refractivity contribution in [3.8, 4) is 0 Å². The number of hydrogen-bond acceptors (Lipinski definition) is 5. The lowest BCUT2D eigenvalue weighted by molar-refractivity contribution is -0.154. The Balaban J connectivity index is 2.17. The molecular weight excluding hydrogens is 300 g/mol. The van der Waals surface area contributed by atoms with Crippen LogP contribution in [0, 0.1) is 0 Å². The summed E-state index contributed by atoms with van der Waals surface area (Å²) < 4.78 is 9.98. The molecule has 23 heavy (non-hydrogen) atoms. The highest BCUT2D eigenvalue weighted by molar-refractivity contribution is 5.85. The molecule has 0 aliphatic heterocycles. The van der Waals surface area contributed by atoms with E-state index >= 15 is 0 Å². The van der Waals surface area contributed by atoms with E-state index < -0.39 is 23.6 Å². The fourth-order valence-corrected chi connectivity index (χ4v) is 1.54. The van der Waals surface area contributed by atoms with Gasteiger partial charge >= 0.3 is 12.1 Å². The van der Waals surface area contributed by atoms with E-state index in [-0.39, 0.29) is 19.7 Å². The van der Waals surface area contributed by atoms with E-state index in [1.54, 1.807) is 20.8 Å². The highest BCUT2D eigenvalue weighted by Crippen LogP contribution is 2.06. The van der Waals surface area contributed by atoms with Gasteiger partial charge in [-0.2, -0.15) is 0 Å². The maximum absolute atomic E-state index is 11.5. The zero-order chi connectivity index (χ0) is 17.3. The van der Waals surface area contributed by atoms with Crippen molar-refractivity contribution in [1.82, 2.24) is 10.6 Å². The lowest BCUT2D eigenvalue weighted by atomic mass is 10.2. The summed E-state index contributed by atoms with van der Waals surface area (Å²) in [5, 5.41) is 4.65. The first-order chi connectivity index (χ1) is 10.8. The van der Waals surface area contributed by atoms with Crippen LogP contribution in [-0.4, -0.2) is 36.7 Å². The smallest absolute Gasteiger partial charge is 0.407 e. The van der Waals surface area contributed by atoms with Gasteiger partial charge in [0.05, 0.1) is 0 Å². The Morgan fingerprint density at radius 2 is 1.65 bits per heavy atom. The molecule has 0 fully saturated rings. The molecule has 0 aliphatic carbocycles. The Bertz CT molecular complexity index is 537. The number of carbonyl (C=O) groups excluding carboxylic acids is 3. The topological polar surface area (TPSA) is 93.7 Å². The highest BCUT2D eigenvalue weighted by atomic mass is 16.6. The van der Waals surface area contributed by atoms with Gasteiger partial charge in [-0.3, -0.25) is 9.59 Å². The normalized spacial score (nSPS) is 10.6. The zero-order valence-corrected chi connectivity index (χ0v) is 13.5. The van der Waals surface area contributed by atoms with E-state index in [1.165, 1.54) is 0 Å². The molecule has 0 bridgehead atoms. The van der Waals surface area contributed by atoms with Crippen molar-refractivity contribution >= 4 is 18.0 Å². The maximum Gasteiger partial charge on any atom is 0.407 e. The molecular formula is C16H22N2O5. The maximum atomic E-state index is 11.5. The van der Waals surface area contributed by atoms with Crippen molar-refractivity contribution in [2.24, 2.45) is 0 Å². The average molecular weight is 322 g/mol. The van der Waals surface area contributed by atoms with Gasteiger partial charge in [0.2, 0.25) is 5.91 Å². The van der Waals surface area contributed by atoms with Crippen LogP contribution >= 0.6 is 0 Å². The standard InChI is InChI=1S/C16H22N2O5/c1-16(2,3)23-14(20)10-17-13(19)9-18-15(21)22-11-12-7-5-4-6-8-12/h4-8H,9-11H2,1-3H3,(H,17,19)(H,18,21). The van der Waals surface area contributed by atoms with Crippen molar-refractivity contribution < 1.29 is 23.9 Å². The third kappa shape index (κ3) is 9.13. The molecule has 0 atom stereocenters. The molecule has 2 amide bonds. The number of amides is 2. The first-order valence-corrected chi connectivity index (χ1v) is 7.19. The van der Waals surface area contributed by atoms with Crippen molar-refractivity contribution in [3.63, 3.8) is 0 Å². The molecule has 0 heterocycles. The van der Waals surface area contributed by atoms with Crippen LogP contribution in [0.15, 0.2) is 30.3 Å². The van der Waals surface area contributed by atoms with E-state index in [9.17, 15) is 14.4 Å². The summed E-state index contributed by atoms with van der Waals surface area (Å²) in [6.07, 6.45) is -0.707. The minimum Gasteiger partial charge on any atom is -0.459 e. The van der Waals surface area contributed by atoms with E-state index in [2.05, 4.69) is 10.6 Å². The largest absolute Gasteiger partial charge is 0.459 e. The third-order valence-corrected chi connectivity index (χ3v) is 2.46. The van der Waals surface area contributed by atoms with Crippen LogP contribution in [0.2, 0.25) is 0 Å². The van der Waals surface area contributed by atoms with Gasteiger partial charge in [-0.15, -0.1) is 0 Å². The molecule has 0 radical (unpaired) electrons. The first kappa shape index (κ1) is 18.5. The molecule has 7 heteroatoms. The van der Waals surface area contributed by atoms with Gasteiger partial charge in [-0.25, -0.2) is 4.79 Å². The highest BCUT2D eigenvalue weighted by Gasteiger charge is 2.16. The Morgan fingerprint density at radius 1 is 1.00 bits per heavy atom. The molecule has 0 aliphatic rings. The quantitative estimate of drug-likeness (QED) is 0.772. The van der Waals surface area contributed by atoms with Gasteiger partial charge in [0.1, 0.15) is 25.3 Å². The Morgan fingerprint density at radius 3 is 2.26 bits per heavy atom. The summed E-state index contributed by atoms with van der Waals surface area (Å²) in [5.74, 6) is -1.05. The van der Waals surface area contributed by atoms with Crippen LogP contribution in [0.5, 0.6) is 0 Å². The molecule has 0 unspecified atom stereocenters. The van der Waals surface area contributed by atoms with Gasteiger partial charge in [0, 0.05) is 0 Å². The van der Waals surface area contributed by atoms with E-state index in [0.29, 0.717) is 0 Å². The second kappa shape index (κ2) is 8.77. The lowest BCUT2D eigenvalue weighted by Gasteiger charge is -2.19. The molecule has 0 saturated heterocycles. The number of carbonyl (C=O) groups is 3. The van der Waals surface area contributed by atoms with Crippen LogP contribution < -0.4 is 10.6 Å². The van der Waals surface area contributed by atoms with Gasteiger partial charge in [-0.1, -0.05) is 30.3 Å². The fourth-order valence-electron chi connectivity index (χ4n) is 1.54. The molecule has 0 aromatic heterocycles. The van der Waals surface area contributed by atoms with Crippen LogP contribution in [-0.2, 0) is 25.7 Å². The average Bonchev–Trinajstić information content (AvgIpc) is 2.48. The second-order valence-electron chi connectivity index (χ2n) is 5.78. The number of nitrogens with one attached hydrogen (secondary N) is 2. The molecule has 1 rings (SSSR count). The zero-order valence-electron chi connectivity index (χ0n) is 13.5. The van der Waals surface area contributed by atoms with E-state index in [4.69, 9.17) is 9.47 Å². The van der Waals surface area contributed by atoms with E-state index in [0.717, 1.165) is 5.56 Å². The summed E-state index contributed by atoms with van der Waals surface area (Å²) >= 11 is 0. The molecule has 0 saturated carbocycles. The number of rotatable bonds is 6.